The molecule has 1 saturated heterocycles. The number of nitrogens with zero attached hydrogens (tertiary/aromatic N) is 4. The Morgan fingerprint density at radius 1 is 1.09 bits per heavy atom. The Kier molecular flexibility index (Phi) is 7.45. The van der Waals surface area contributed by atoms with Gasteiger partial charge in [-0.05, 0) is 17.7 Å². The Labute approximate surface area is 194 Å². The minimum absolute atomic E-state index is 0.0228. The molecule has 12 heteroatoms. The first kappa shape index (κ1) is 22.8. The summed E-state index contributed by atoms with van der Waals surface area (Å²) in [5.41, 5.74) is 0.762. The van der Waals surface area contributed by atoms with Gasteiger partial charge < -0.3 is 14.6 Å². The van der Waals surface area contributed by atoms with E-state index in [1.54, 1.807) is 23.3 Å². The van der Waals surface area contributed by atoms with Gasteiger partial charge in [-0.2, -0.15) is 4.31 Å². The van der Waals surface area contributed by atoms with E-state index in [9.17, 15) is 13.2 Å². The predicted octanol–water partition coefficient (Wildman–Crippen LogP) is 2.51. The standard InChI is InChI=1S/C20H23N5O4S3/c26-18(14-30-20-23-22-19(31-20)21-13-17-7-4-12-29-17)24-8-10-25(11-9-24)32(27,28)15-16-5-2-1-3-6-16/h1-7,12H,8-11,13-15H2,(H,21,22). The summed E-state index contributed by atoms with van der Waals surface area (Å²) < 4.78 is 32.8. The Balaban J connectivity index is 1.21. The van der Waals surface area contributed by atoms with Crippen molar-refractivity contribution < 1.29 is 17.6 Å². The fraction of sp³-hybridized carbons (Fsp3) is 0.350. The van der Waals surface area contributed by atoms with Gasteiger partial charge in [-0.3, -0.25) is 4.79 Å². The lowest BCUT2D eigenvalue weighted by atomic mass is 10.2. The van der Waals surface area contributed by atoms with Gasteiger partial charge in [-0.15, -0.1) is 10.2 Å². The molecule has 32 heavy (non-hydrogen) atoms. The first-order chi connectivity index (χ1) is 15.5. The smallest absolute Gasteiger partial charge is 0.233 e. The zero-order valence-corrected chi connectivity index (χ0v) is 19.7. The Hall–Kier alpha value is -2.41. The van der Waals surface area contributed by atoms with Crippen molar-refractivity contribution in [1.82, 2.24) is 19.4 Å². The summed E-state index contributed by atoms with van der Waals surface area (Å²) in [5.74, 6) is 0.985. The Morgan fingerprint density at radius 3 is 2.59 bits per heavy atom. The zero-order chi connectivity index (χ0) is 22.4. The number of anilines is 1. The lowest BCUT2D eigenvalue weighted by molar-refractivity contribution is -0.129. The van der Waals surface area contributed by atoms with Crippen molar-refractivity contribution in [1.29, 1.82) is 0 Å². The van der Waals surface area contributed by atoms with Crippen LogP contribution < -0.4 is 5.32 Å². The third-order valence-corrected chi connectivity index (χ3v) is 8.75. The highest BCUT2D eigenvalue weighted by atomic mass is 32.2. The van der Waals surface area contributed by atoms with E-state index in [1.807, 2.05) is 30.3 Å². The summed E-state index contributed by atoms with van der Waals surface area (Å²) in [4.78, 5) is 14.3. The molecular weight excluding hydrogens is 470 g/mol. The highest BCUT2D eigenvalue weighted by molar-refractivity contribution is 8.01. The molecule has 1 aliphatic rings. The summed E-state index contributed by atoms with van der Waals surface area (Å²) in [6, 6.07) is 12.8. The molecular formula is C20H23N5O4S3. The van der Waals surface area contributed by atoms with Crippen LogP contribution in [0.15, 0.2) is 57.5 Å². The van der Waals surface area contributed by atoms with Crippen LogP contribution in [0.4, 0.5) is 5.13 Å². The Morgan fingerprint density at radius 2 is 1.88 bits per heavy atom. The van der Waals surface area contributed by atoms with Crippen LogP contribution in [0.3, 0.4) is 0 Å². The number of hydrogen-bond acceptors (Lipinski definition) is 9. The number of hydrogen-bond donors (Lipinski definition) is 1. The van der Waals surface area contributed by atoms with Gasteiger partial charge in [-0.1, -0.05) is 53.4 Å². The maximum atomic E-state index is 12.7. The van der Waals surface area contributed by atoms with Crippen LogP contribution in [0.25, 0.3) is 0 Å². The van der Waals surface area contributed by atoms with Crippen molar-refractivity contribution in [2.75, 3.05) is 37.2 Å². The van der Waals surface area contributed by atoms with Crippen molar-refractivity contribution in [3.8, 4) is 0 Å². The van der Waals surface area contributed by atoms with E-state index in [4.69, 9.17) is 4.42 Å². The maximum Gasteiger partial charge on any atom is 0.233 e. The van der Waals surface area contributed by atoms with E-state index in [0.29, 0.717) is 42.2 Å². The predicted molar refractivity (Wildman–Crippen MR) is 124 cm³/mol. The summed E-state index contributed by atoms with van der Waals surface area (Å²) in [6.45, 7) is 1.91. The average molecular weight is 494 g/mol. The summed E-state index contributed by atoms with van der Waals surface area (Å²) in [6.07, 6.45) is 1.61. The van der Waals surface area contributed by atoms with Gasteiger partial charge in [0.1, 0.15) is 5.76 Å². The molecule has 0 atom stereocenters. The molecule has 1 N–H and O–H groups in total. The molecule has 0 radical (unpaired) electrons. The molecule has 3 heterocycles. The van der Waals surface area contributed by atoms with Crippen LogP contribution in [0.2, 0.25) is 0 Å². The number of aromatic nitrogens is 2. The first-order valence-electron chi connectivity index (χ1n) is 10.0. The minimum atomic E-state index is -3.40. The monoisotopic (exact) mass is 493 g/mol. The maximum absolute atomic E-state index is 12.7. The highest BCUT2D eigenvalue weighted by Gasteiger charge is 2.29. The normalized spacial score (nSPS) is 15.1. The largest absolute Gasteiger partial charge is 0.467 e. The number of amides is 1. The number of rotatable bonds is 9. The molecule has 4 rings (SSSR count). The molecule has 1 aromatic carbocycles. The molecule has 0 spiro atoms. The molecule has 0 aliphatic carbocycles. The number of carbonyl (C=O) groups is 1. The SMILES string of the molecule is O=C(CSc1nnc(NCc2ccco2)s1)N1CCN(S(=O)(=O)Cc2ccccc2)CC1. The van der Waals surface area contributed by atoms with E-state index in [0.717, 1.165) is 11.3 Å². The number of piperazine rings is 1. The molecule has 0 saturated carbocycles. The molecule has 1 aliphatic heterocycles. The zero-order valence-electron chi connectivity index (χ0n) is 17.2. The second kappa shape index (κ2) is 10.5. The summed E-state index contributed by atoms with van der Waals surface area (Å²) in [5, 5.41) is 12.0. The van der Waals surface area contributed by atoms with E-state index < -0.39 is 10.0 Å². The topological polar surface area (TPSA) is 109 Å². The third-order valence-electron chi connectivity index (χ3n) is 4.90. The average Bonchev–Trinajstić information content (AvgIpc) is 3.48. The number of benzene rings is 1. The lowest BCUT2D eigenvalue weighted by Gasteiger charge is -2.34. The molecule has 0 unspecified atom stereocenters. The third kappa shape index (κ3) is 6.09. The molecule has 170 valence electrons. The quantitative estimate of drug-likeness (QED) is 0.453. The number of sulfonamides is 1. The number of furan rings is 1. The lowest BCUT2D eigenvalue weighted by Crippen LogP contribution is -2.51. The number of carbonyl (C=O) groups excluding carboxylic acids is 1. The fourth-order valence-corrected chi connectivity index (χ4v) is 6.39. The second-order valence-corrected chi connectivity index (χ2v) is 11.3. The van der Waals surface area contributed by atoms with Crippen LogP contribution in [0, 0.1) is 0 Å². The van der Waals surface area contributed by atoms with Gasteiger partial charge in [0.2, 0.25) is 21.1 Å². The van der Waals surface area contributed by atoms with E-state index in [1.165, 1.54) is 27.4 Å². The van der Waals surface area contributed by atoms with Crippen LogP contribution in [0.1, 0.15) is 11.3 Å². The minimum Gasteiger partial charge on any atom is -0.467 e. The highest BCUT2D eigenvalue weighted by Crippen LogP contribution is 2.26. The van der Waals surface area contributed by atoms with Gasteiger partial charge in [-0.25, -0.2) is 8.42 Å². The van der Waals surface area contributed by atoms with Crippen LogP contribution in [-0.4, -0.2) is 65.7 Å². The Bertz CT molecular complexity index is 1110. The van der Waals surface area contributed by atoms with Gasteiger partial charge in [0, 0.05) is 26.2 Å². The van der Waals surface area contributed by atoms with Crippen molar-refractivity contribution in [3.63, 3.8) is 0 Å². The van der Waals surface area contributed by atoms with Gasteiger partial charge in [0.15, 0.2) is 4.34 Å². The van der Waals surface area contributed by atoms with Crippen molar-refractivity contribution in [2.24, 2.45) is 0 Å². The van der Waals surface area contributed by atoms with Gasteiger partial charge in [0.25, 0.3) is 0 Å². The second-order valence-electron chi connectivity index (χ2n) is 7.12. The molecule has 9 nitrogen and oxygen atoms in total. The van der Waals surface area contributed by atoms with Gasteiger partial charge in [0.05, 0.1) is 24.3 Å². The van der Waals surface area contributed by atoms with E-state index in [-0.39, 0.29) is 17.4 Å². The first-order valence-corrected chi connectivity index (χ1v) is 13.4. The summed E-state index contributed by atoms with van der Waals surface area (Å²) >= 11 is 2.71. The molecule has 1 fully saturated rings. The van der Waals surface area contributed by atoms with Gasteiger partial charge >= 0.3 is 0 Å². The van der Waals surface area contributed by atoms with Crippen molar-refractivity contribution >= 4 is 44.2 Å². The van der Waals surface area contributed by atoms with Crippen LogP contribution >= 0.6 is 23.1 Å². The number of thioether (sulfide) groups is 1. The number of nitrogens with one attached hydrogen (secondary N) is 1. The summed E-state index contributed by atoms with van der Waals surface area (Å²) in [7, 11) is -3.40. The molecule has 3 aromatic rings. The molecule has 2 aromatic heterocycles. The van der Waals surface area contributed by atoms with E-state index >= 15 is 0 Å². The van der Waals surface area contributed by atoms with Crippen LogP contribution in [-0.2, 0) is 27.1 Å². The van der Waals surface area contributed by atoms with Crippen molar-refractivity contribution in [2.45, 2.75) is 16.6 Å². The molecule has 1 amide bonds. The van der Waals surface area contributed by atoms with Crippen LogP contribution in [0.5, 0.6) is 0 Å². The fourth-order valence-electron chi connectivity index (χ4n) is 3.22. The van der Waals surface area contributed by atoms with Crippen molar-refractivity contribution in [3.05, 3.63) is 60.1 Å². The van der Waals surface area contributed by atoms with E-state index in [2.05, 4.69) is 15.5 Å². The molecule has 0 bridgehead atoms.